The summed E-state index contributed by atoms with van der Waals surface area (Å²) in [7, 11) is 0. The monoisotopic (exact) mass is 340 g/mol. The van der Waals surface area contributed by atoms with Gasteiger partial charge in [0.2, 0.25) is 5.88 Å². The van der Waals surface area contributed by atoms with Crippen molar-refractivity contribution in [3.8, 4) is 5.88 Å². The third-order valence-electron chi connectivity index (χ3n) is 4.35. The van der Waals surface area contributed by atoms with Crippen molar-refractivity contribution in [1.82, 2.24) is 4.98 Å². The normalized spacial score (nSPS) is 15.1. The molecule has 1 aromatic carbocycles. The van der Waals surface area contributed by atoms with E-state index in [2.05, 4.69) is 10.3 Å². The molecule has 6 nitrogen and oxygen atoms in total. The number of pyridine rings is 1. The lowest BCUT2D eigenvalue weighted by atomic mass is 9.96. The zero-order chi connectivity index (χ0) is 17.8. The molecule has 6 heteroatoms. The molecule has 0 saturated heterocycles. The Balaban J connectivity index is 1.70. The van der Waals surface area contributed by atoms with Crippen LogP contribution in [0, 0.1) is 0 Å². The first-order valence-electron chi connectivity index (χ1n) is 8.30. The Bertz CT molecular complexity index is 786. The number of hydrogen-bond donors (Lipinski definition) is 2. The van der Waals surface area contributed by atoms with Gasteiger partial charge in [0.15, 0.2) is 0 Å². The molecule has 1 atom stereocenters. The summed E-state index contributed by atoms with van der Waals surface area (Å²) in [5, 5.41) is 11.9. The van der Waals surface area contributed by atoms with Crippen molar-refractivity contribution >= 4 is 17.6 Å². The number of amides is 1. The van der Waals surface area contributed by atoms with Crippen LogP contribution in [0.5, 0.6) is 5.88 Å². The number of nitrogens with one attached hydrogen (secondary N) is 1. The number of carboxylic acid groups (broad SMARTS) is 1. The van der Waals surface area contributed by atoms with E-state index in [1.165, 1.54) is 0 Å². The number of nitrogens with zero attached hydrogens (tertiary/aromatic N) is 1. The predicted molar refractivity (Wildman–Crippen MR) is 93.0 cm³/mol. The second-order valence-electron chi connectivity index (χ2n) is 6.19. The molecule has 3 rings (SSSR count). The average molecular weight is 340 g/mol. The Kier molecular flexibility index (Phi) is 4.97. The molecular formula is C19H20N2O4. The zero-order valence-electron chi connectivity index (χ0n) is 13.9. The molecule has 1 amide bonds. The number of aromatic nitrogens is 1. The lowest BCUT2D eigenvalue weighted by Crippen LogP contribution is -2.25. The predicted octanol–water partition coefficient (Wildman–Crippen LogP) is 3.45. The topological polar surface area (TPSA) is 88.5 Å². The fourth-order valence-electron chi connectivity index (χ4n) is 2.51. The minimum atomic E-state index is -0.907. The average Bonchev–Trinajstić information content (AvgIpc) is 2.58. The van der Waals surface area contributed by atoms with Crippen molar-refractivity contribution in [1.29, 1.82) is 0 Å². The van der Waals surface area contributed by atoms with Gasteiger partial charge < -0.3 is 15.2 Å². The summed E-state index contributed by atoms with van der Waals surface area (Å²) in [6, 6.07) is 10.1. The molecule has 0 radical (unpaired) electrons. The molecule has 1 aliphatic rings. The van der Waals surface area contributed by atoms with Crippen molar-refractivity contribution in [2.24, 2.45) is 0 Å². The summed E-state index contributed by atoms with van der Waals surface area (Å²) in [4.78, 5) is 27.7. The lowest BCUT2D eigenvalue weighted by Gasteiger charge is -2.25. The molecule has 1 fully saturated rings. The molecule has 2 N–H and O–H groups in total. The highest BCUT2D eigenvalue weighted by molar-refractivity contribution is 6.04. The molecule has 2 aromatic rings. The Labute approximate surface area is 145 Å². The van der Waals surface area contributed by atoms with Gasteiger partial charge in [0.1, 0.15) is 6.10 Å². The number of carboxylic acids is 1. The molecular weight excluding hydrogens is 320 g/mol. The van der Waals surface area contributed by atoms with Gasteiger partial charge in [-0.3, -0.25) is 9.59 Å². The van der Waals surface area contributed by atoms with Gasteiger partial charge >= 0.3 is 5.97 Å². The number of benzene rings is 1. The van der Waals surface area contributed by atoms with Gasteiger partial charge in [-0.25, -0.2) is 4.98 Å². The molecule has 0 spiro atoms. The Morgan fingerprint density at radius 2 is 2.08 bits per heavy atom. The highest BCUT2D eigenvalue weighted by Gasteiger charge is 2.20. The standard InChI is InChI=1S/C19H20N2O4/c1-12(19(23)24)13-4-2-5-15(10-13)21-18(22)14-8-9-20-17(11-14)25-16-6-3-7-16/h2,4-5,8-12,16H,3,6-7H2,1H3,(H,21,22)(H,23,24). The largest absolute Gasteiger partial charge is 0.481 e. The van der Waals surface area contributed by atoms with Crippen LogP contribution in [0.3, 0.4) is 0 Å². The first-order chi connectivity index (χ1) is 12.0. The van der Waals surface area contributed by atoms with Gasteiger partial charge in [-0.05, 0) is 49.9 Å². The molecule has 130 valence electrons. The first kappa shape index (κ1) is 17.0. The van der Waals surface area contributed by atoms with Crippen LogP contribution in [0.25, 0.3) is 0 Å². The number of rotatable bonds is 6. The zero-order valence-corrected chi connectivity index (χ0v) is 13.9. The summed E-state index contributed by atoms with van der Waals surface area (Å²) < 4.78 is 5.71. The van der Waals surface area contributed by atoms with Crippen LogP contribution in [-0.4, -0.2) is 28.1 Å². The molecule has 0 aliphatic heterocycles. The van der Waals surface area contributed by atoms with Crippen LogP contribution in [0.1, 0.15) is 48.0 Å². The maximum absolute atomic E-state index is 12.4. The van der Waals surface area contributed by atoms with Crippen molar-refractivity contribution in [3.05, 3.63) is 53.7 Å². The van der Waals surface area contributed by atoms with Crippen molar-refractivity contribution in [3.63, 3.8) is 0 Å². The Morgan fingerprint density at radius 1 is 1.28 bits per heavy atom. The minimum Gasteiger partial charge on any atom is -0.481 e. The minimum absolute atomic E-state index is 0.194. The third kappa shape index (κ3) is 4.15. The van der Waals surface area contributed by atoms with Crippen molar-refractivity contribution in [2.45, 2.75) is 38.2 Å². The van der Waals surface area contributed by atoms with Gasteiger partial charge in [0, 0.05) is 23.5 Å². The number of carbonyl (C=O) groups is 2. The number of ether oxygens (including phenoxy) is 1. The van der Waals surface area contributed by atoms with Crippen LogP contribution in [0.2, 0.25) is 0 Å². The van der Waals surface area contributed by atoms with E-state index in [4.69, 9.17) is 9.84 Å². The van der Waals surface area contributed by atoms with E-state index in [1.807, 2.05) is 0 Å². The highest BCUT2D eigenvalue weighted by atomic mass is 16.5. The van der Waals surface area contributed by atoms with E-state index in [0.717, 1.165) is 19.3 Å². The van der Waals surface area contributed by atoms with Crippen LogP contribution >= 0.6 is 0 Å². The van der Waals surface area contributed by atoms with Crippen LogP contribution in [-0.2, 0) is 4.79 Å². The Hall–Kier alpha value is -2.89. The van der Waals surface area contributed by atoms with Crippen LogP contribution in [0.4, 0.5) is 5.69 Å². The third-order valence-corrected chi connectivity index (χ3v) is 4.35. The molecule has 1 saturated carbocycles. The smallest absolute Gasteiger partial charge is 0.310 e. The van der Waals surface area contributed by atoms with E-state index in [1.54, 1.807) is 49.5 Å². The second-order valence-corrected chi connectivity index (χ2v) is 6.19. The molecule has 0 bridgehead atoms. The van der Waals surface area contributed by atoms with Gasteiger partial charge in [-0.1, -0.05) is 12.1 Å². The summed E-state index contributed by atoms with van der Waals surface area (Å²) >= 11 is 0. The maximum Gasteiger partial charge on any atom is 0.310 e. The van der Waals surface area contributed by atoms with E-state index < -0.39 is 11.9 Å². The number of aliphatic carboxylic acids is 1. The number of anilines is 1. The summed E-state index contributed by atoms with van der Waals surface area (Å²) in [6.45, 7) is 1.61. The lowest BCUT2D eigenvalue weighted by molar-refractivity contribution is -0.138. The second kappa shape index (κ2) is 7.34. The first-order valence-corrected chi connectivity index (χ1v) is 8.30. The Morgan fingerprint density at radius 3 is 2.76 bits per heavy atom. The molecule has 1 aromatic heterocycles. The fourth-order valence-corrected chi connectivity index (χ4v) is 2.51. The summed E-state index contributed by atoms with van der Waals surface area (Å²) in [5.74, 6) is -1.39. The van der Waals surface area contributed by atoms with Crippen LogP contribution in [0.15, 0.2) is 42.6 Å². The summed E-state index contributed by atoms with van der Waals surface area (Å²) in [6.07, 6.45) is 4.95. The van der Waals surface area contributed by atoms with Crippen LogP contribution < -0.4 is 10.1 Å². The SMILES string of the molecule is CC(C(=O)O)c1cccc(NC(=O)c2ccnc(OC3CCC3)c2)c1. The van der Waals surface area contributed by atoms with Crippen molar-refractivity contribution in [2.75, 3.05) is 5.32 Å². The summed E-state index contributed by atoms with van der Waals surface area (Å²) in [5.41, 5.74) is 1.63. The molecule has 1 aliphatic carbocycles. The van der Waals surface area contributed by atoms with Gasteiger partial charge in [-0.2, -0.15) is 0 Å². The van der Waals surface area contributed by atoms with E-state index >= 15 is 0 Å². The highest BCUT2D eigenvalue weighted by Crippen LogP contribution is 2.24. The fraction of sp³-hybridized carbons (Fsp3) is 0.316. The number of hydrogen-bond acceptors (Lipinski definition) is 4. The molecule has 1 heterocycles. The molecule has 25 heavy (non-hydrogen) atoms. The van der Waals surface area contributed by atoms with E-state index in [0.29, 0.717) is 22.7 Å². The van der Waals surface area contributed by atoms with Gasteiger partial charge in [0.25, 0.3) is 5.91 Å². The maximum atomic E-state index is 12.4. The van der Waals surface area contributed by atoms with E-state index in [9.17, 15) is 9.59 Å². The van der Waals surface area contributed by atoms with Gasteiger partial charge in [-0.15, -0.1) is 0 Å². The van der Waals surface area contributed by atoms with Gasteiger partial charge in [0.05, 0.1) is 5.92 Å². The molecule has 1 unspecified atom stereocenters. The van der Waals surface area contributed by atoms with Crippen molar-refractivity contribution < 1.29 is 19.4 Å². The van der Waals surface area contributed by atoms with E-state index in [-0.39, 0.29) is 12.0 Å². The number of carbonyl (C=O) groups excluding carboxylic acids is 1. The quantitative estimate of drug-likeness (QED) is 0.841.